The van der Waals surface area contributed by atoms with Crippen molar-refractivity contribution in [2.75, 3.05) is 39.1 Å². The minimum absolute atomic E-state index is 0.0851. The van der Waals surface area contributed by atoms with Gasteiger partial charge in [-0.2, -0.15) is 5.10 Å². The average Bonchev–Trinajstić information content (AvgIpc) is 3.55. The fourth-order valence-corrected chi connectivity index (χ4v) is 5.18. The number of ether oxygens (including phenoxy) is 1. The summed E-state index contributed by atoms with van der Waals surface area (Å²) in [6.45, 7) is 11.5. The van der Waals surface area contributed by atoms with E-state index in [0.29, 0.717) is 30.3 Å². The number of nitrogens with one attached hydrogen (secondary N) is 2. The van der Waals surface area contributed by atoms with E-state index in [1.807, 2.05) is 71.2 Å². The molecule has 0 aromatic carbocycles. The van der Waals surface area contributed by atoms with Gasteiger partial charge in [-0.25, -0.2) is 14.6 Å². The molecule has 2 N–H and O–H groups in total. The first-order chi connectivity index (χ1) is 17.6. The molecule has 0 radical (unpaired) electrons. The summed E-state index contributed by atoms with van der Waals surface area (Å²) >= 11 is 1.46. The number of thiophene rings is 1. The van der Waals surface area contributed by atoms with Crippen molar-refractivity contribution in [3.05, 3.63) is 47.5 Å². The lowest BCUT2D eigenvalue weighted by Gasteiger charge is -2.15. The number of imidazole rings is 1. The number of aromatic nitrogens is 5. The van der Waals surface area contributed by atoms with E-state index in [4.69, 9.17) is 4.74 Å². The molecule has 0 aliphatic heterocycles. The molecule has 198 valence electrons. The highest BCUT2D eigenvalue weighted by molar-refractivity contribution is 7.14. The molecule has 1 amide bonds. The van der Waals surface area contributed by atoms with Gasteiger partial charge in [-0.3, -0.25) is 9.20 Å². The van der Waals surface area contributed by atoms with Gasteiger partial charge < -0.3 is 20.3 Å². The van der Waals surface area contributed by atoms with Crippen LogP contribution in [0.15, 0.2) is 36.2 Å². The zero-order valence-corrected chi connectivity index (χ0v) is 24.2. The lowest BCUT2D eigenvalue weighted by atomic mass is 10.3. The number of nitrogens with zero attached hydrogens (tertiary/aromatic N) is 6. The summed E-state index contributed by atoms with van der Waals surface area (Å²) in [4.78, 5) is 23.8. The summed E-state index contributed by atoms with van der Waals surface area (Å²) in [6, 6.07) is 2.97. The maximum Gasteiger partial charge on any atom is 0.252 e. The van der Waals surface area contributed by atoms with E-state index < -0.39 is 8.07 Å². The Morgan fingerprint density at radius 1 is 1.22 bits per heavy atom. The fourth-order valence-electron chi connectivity index (χ4n) is 3.64. The molecule has 4 aromatic heterocycles. The van der Waals surface area contributed by atoms with Crippen LogP contribution in [0.3, 0.4) is 0 Å². The molecule has 0 unspecified atom stereocenters. The number of carbonyl (C=O) groups excluding carboxylic acids is 1. The third kappa shape index (κ3) is 7.25. The first kappa shape index (κ1) is 27.0. The Hall–Kier alpha value is -3.06. The van der Waals surface area contributed by atoms with E-state index in [-0.39, 0.29) is 5.91 Å². The highest BCUT2D eigenvalue weighted by atomic mass is 32.1. The normalized spacial score (nSPS) is 12.0. The van der Waals surface area contributed by atoms with Crippen LogP contribution in [-0.4, -0.2) is 76.8 Å². The number of amides is 1. The monoisotopic (exact) mass is 540 g/mol. The van der Waals surface area contributed by atoms with Crippen molar-refractivity contribution in [3.8, 4) is 11.3 Å². The molecular weight excluding hydrogens is 504 g/mol. The van der Waals surface area contributed by atoms with Crippen molar-refractivity contribution in [1.29, 1.82) is 0 Å². The topological polar surface area (TPSA) is 102 Å². The molecule has 0 saturated heterocycles. The summed E-state index contributed by atoms with van der Waals surface area (Å²) in [7, 11) is 2.84. The minimum atomic E-state index is -1.12. The zero-order chi connectivity index (χ0) is 26.6. The number of fused-ring (bicyclic) bond motifs is 1. The van der Waals surface area contributed by atoms with Crippen molar-refractivity contribution < 1.29 is 9.53 Å². The van der Waals surface area contributed by atoms with Crippen molar-refractivity contribution in [1.82, 2.24) is 34.4 Å². The molecule has 0 aliphatic carbocycles. The van der Waals surface area contributed by atoms with Crippen LogP contribution >= 0.6 is 11.3 Å². The van der Waals surface area contributed by atoms with Crippen molar-refractivity contribution >= 4 is 41.8 Å². The molecule has 0 bridgehead atoms. The molecule has 0 spiro atoms. The molecular formula is C25H36N8O2SSi. The molecule has 0 fully saturated rings. The van der Waals surface area contributed by atoms with Gasteiger partial charge in [0.15, 0.2) is 11.5 Å². The number of rotatable bonds is 12. The Bertz CT molecular complexity index is 1350. The summed E-state index contributed by atoms with van der Waals surface area (Å²) in [6.07, 6.45) is 7.59. The molecule has 4 heterocycles. The van der Waals surface area contributed by atoms with E-state index >= 15 is 0 Å². The predicted molar refractivity (Wildman–Crippen MR) is 152 cm³/mol. The van der Waals surface area contributed by atoms with Crippen LogP contribution in [0.1, 0.15) is 16.1 Å². The number of aryl methyl sites for hydroxylation is 1. The Morgan fingerprint density at radius 3 is 2.78 bits per heavy atom. The largest absolute Gasteiger partial charge is 0.360 e. The number of hydrogen-bond acceptors (Lipinski definition) is 8. The Morgan fingerprint density at radius 2 is 2.03 bits per heavy atom. The Kier molecular flexibility index (Phi) is 8.42. The molecule has 4 rings (SSSR count). The first-order valence-electron chi connectivity index (χ1n) is 12.3. The molecule has 0 atom stereocenters. The number of carbonyl (C=O) groups is 1. The van der Waals surface area contributed by atoms with E-state index in [2.05, 4.69) is 45.3 Å². The average molecular weight is 541 g/mol. The van der Waals surface area contributed by atoms with Crippen LogP contribution in [-0.2, 0) is 11.5 Å². The zero-order valence-electron chi connectivity index (χ0n) is 22.4. The van der Waals surface area contributed by atoms with Gasteiger partial charge in [0.2, 0.25) is 0 Å². The van der Waals surface area contributed by atoms with Gasteiger partial charge in [-0.15, -0.1) is 11.3 Å². The van der Waals surface area contributed by atoms with Crippen molar-refractivity contribution in [3.63, 3.8) is 0 Å². The Labute approximate surface area is 222 Å². The third-order valence-corrected chi connectivity index (χ3v) is 8.26. The smallest absolute Gasteiger partial charge is 0.252 e. The fraction of sp³-hybridized carbons (Fsp3) is 0.440. The van der Waals surface area contributed by atoms with Gasteiger partial charge in [0.25, 0.3) is 5.91 Å². The van der Waals surface area contributed by atoms with Crippen LogP contribution in [0.4, 0.5) is 10.8 Å². The SMILES string of the molecule is Cc1cn2c(-c3cnn(COCC[Si](C)(C)C)c3)cnc2c(Nc2cc(C(=O)NCCN(C)C)cs2)n1. The van der Waals surface area contributed by atoms with Crippen LogP contribution < -0.4 is 10.6 Å². The van der Waals surface area contributed by atoms with E-state index in [1.54, 1.807) is 0 Å². The second kappa shape index (κ2) is 11.5. The first-order valence-corrected chi connectivity index (χ1v) is 16.9. The van der Waals surface area contributed by atoms with E-state index in [1.165, 1.54) is 11.3 Å². The second-order valence-corrected chi connectivity index (χ2v) is 17.1. The van der Waals surface area contributed by atoms with Crippen molar-refractivity contribution in [2.24, 2.45) is 0 Å². The van der Waals surface area contributed by atoms with Crippen LogP contribution in [0.2, 0.25) is 25.7 Å². The third-order valence-electron chi connectivity index (χ3n) is 5.71. The van der Waals surface area contributed by atoms with E-state index in [9.17, 15) is 4.79 Å². The highest BCUT2D eigenvalue weighted by Crippen LogP contribution is 2.28. The van der Waals surface area contributed by atoms with Crippen LogP contribution in [0.25, 0.3) is 16.9 Å². The molecule has 12 heteroatoms. The van der Waals surface area contributed by atoms with Crippen LogP contribution in [0.5, 0.6) is 0 Å². The van der Waals surface area contributed by atoms with Gasteiger partial charge in [0, 0.05) is 51.1 Å². The lowest BCUT2D eigenvalue weighted by Crippen LogP contribution is -2.31. The van der Waals surface area contributed by atoms with Crippen molar-refractivity contribution in [2.45, 2.75) is 39.3 Å². The Balaban J connectivity index is 1.47. The maximum absolute atomic E-state index is 12.4. The van der Waals surface area contributed by atoms with Gasteiger partial charge >= 0.3 is 0 Å². The number of anilines is 2. The second-order valence-electron chi connectivity index (χ2n) is 10.6. The van der Waals surface area contributed by atoms with Gasteiger partial charge in [0.05, 0.1) is 34.3 Å². The molecule has 0 aliphatic rings. The summed E-state index contributed by atoms with van der Waals surface area (Å²) < 4.78 is 9.66. The lowest BCUT2D eigenvalue weighted by molar-refractivity contribution is 0.0786. The standard InChI is InChI=1S/C25H36N8O2SSi/c1-18-14-33-21(20-12-28-32(15-20)17-35-9-10-37(4,5)6)13-27-24(33)23(29-18)30-22-11-19(16-36-22)25(34)26-7-8-31(2)3/h11-16H,7-10,17H2,1-6H3,(H,26,34)(H,29,30). The summed E-state index contributed by atoms with van der Waals surface area (Å²) in [5.41, 5.74) is 4.03. The molecule has 4 aromatic rings. The quantitative estimate of drug-likeness (QED) is 0.204. The number of likely N-dealkylation sites (N-methyl/N-ethyl adjacent to an activating group) is 1. The van der Waals surface area contributed by atoms with Gasteiger partial charge in [0.1, 0.15) is 6.73 Å². The molecule has 10 nitrogen and oxygen atoms in total. The summed E-state index contributed by atoms with van der Waals surface area (Å²) in [5, 5.41) is 13.4. The molecule has 0 saturated carbocycles. The van der Waals surface area contributed by atoms with Gasteiger partial charge in [-0.1, -0.05) is 19.6 Å². The van der Waals surface area contributed by atoms with Crippen LogP contribution in [0, 0.1) is 6.92 Å². The highest BCUT2D eigenvalue weighted by Gasteiger charge is 2.16. The van der Waals surface area contributed by atoms with E-state index in [0.717, 1.165) is 41.1 Å². The molecule has 37 heavy (non-hydrogen) atoms. The summed E-state index contributed by atoms with van der Waals surface area (Å²) in [5.74, 6) is 0.549. The van der Waals surface area contributed by atoms with Gasteiger partial charge in [-0.05, 0) is 33.1 Å². The number of hydrogen-bond donors (Lipinski definition) is 2. The minimum Gasteiger partial charge on any atom is -0.360 e. The predicted octanol–water partition coefficient (Wildman–Crippen LogP) is 4.31. The maximum atomic E-state index is 12.4.